The van der Waals surface area contributed by atoms with Gasteiger partial charge in [0.05, 0.1) is 22.0 Å². The molecular formula is C9H10N2O5. The number of nitrogens with zero attached hydrogens (tertiary/aromatic N) is 2. The number of non-ortho nitro benzene ring substituents is 2. The van der Waals surface area contributed by atoms with Crippen molar-refractivity contribution in [1.29, 1.82) is 0 Å². The van der Waals surface area contributed by atoms with Gasteiger partial charge in [0.2, 0.25) is 0 Å². The third-order valence-corrected chi connectivity index (χ3v) is 2.12. The van der Waals surface area contributed by atoms with Crippen molar-refractivity contribution in [2.45, 2.75) is 19.4 Å². The summed E-state index contributed by atoms with van der Waals surface area (Å²) in [5, 5.41) is 30.6. The van der Waals surface area contributed by atoms with Gasteiger partial charge in [-0.05, 0) is 12.0 Å². The van der Waals surface area contributed by atoms with E-state index in [0.717, 1.165) is 18.2 Å². The summed E-state index contributed by atoms with van der Waals surface area (Å²) in [5.41, 5.74) is -0.600. The summed E-state index contributed by atoms with van der Waals surface area (Å²) in [7, 11) is 0. The summed E-state index contributed by atoms with van der Waals surface area (Å²) in [6.45, 7) is 1.68. The van der Waals surface area contributed by atoms with Crippen LogP contribution in [0.1, 0.15) is 25.0 Å². The van der Waals surface area contributed by atoms with E-state index in [1.165, 1.54) is 0 Å². The SMILES string of the molecule is CCC(O)c1cc([N+](=O)[O-])cc([N+](=O)[O-])c1. The van der Waals surface area contributed by atoms with Crippen molar-refractivity contribution in [3.8, 4) is 0 Å². The third kappa shape index (κ3) is 2.51. The maximum absolute atomic E-state index is 10.5. The highest BCUT2D eigenvalue weighted by atomic mass is 16.6. The van der Waals surface area contributed by atoms with Gasteiger partial charge < -0.3 is 5.11 Å². The van der Waals surface area contributed by atoms with Gasteiger partial charge in [-0.2, -0.15) is 0 Å². The molecule has 0 amide bonds. The Morgan fingerprint density at radius 1 is 1.19 bits per heavy atom. The zero-order valence-corrected chi connectivity index (χ0v) is 8.49. The van der Waals surface area contributed by atoms with Crippen LogP contribution < -0.4 is 0 Å². The van der Waals surface area contributed by atoms with Crippen LogP contribution in [-0.4, -0.2) is 15.0 Å². The molecule has 1 aromatic rings. The number of nitro groups is 2. The largest absolute Gasteiger partial charge is 0.388 e. The molecule has 0 aliphatic carbocycles. The van der Waals surface area contributed by atoms with Gasteiger partial charge in [-0.25, -0.2) is 0 Å². The molecule has 0 bridgehead atoms. The van der Waals surface area contributed by atoms with Crippen LogP contribution in [0, 0.1) is 20.2 Å². The van der Waals surface area contributed by atoms with E-state index in [4.69, 9.17) is 0 Å². The minimum Gasteiger partial charge on any atom is -0.388 e. The van der Waals surface area contributed by atoms with Gasteiger partial charge in [-0.3, -0.25) is 20.2 Å². The van der Waals surface area contributed by atoms with Crippen LogP contribution in [0.25, 0.3) is 0 Å². The highest BCUT2D eigenvalue weighted by Crippen LogP contribution is 2.27. The molecule has 0 saturated heterocycles. The Balaban J connectivity index is 3.29. The van der Waals surface area contributed by atoms with Gasteiger partial charge >= 0.3 is 0 Å². The summed E-state index contributed by atoms with van der Waals surface area (Å²) >= 11 is 0. The Bertz CT molecular complexity index is 400. The fourth-order valence-electron chi connectivity index (χ4n) is 1.26. The van der Waals surface area contributed by atoms with Gasteiger partial charge in [0.15, 0.2) is 0 Å². The van der Waals surface area contributed by atoms with E-state index in [0.29, 0.717) is 6.42 Å². The molecular weight excluding hydrogens is 216 g/mol. The summed E-state index contributed by atoms with van der Waals surface area (Å²) in [5.74, 6) is 0. The van der Waals surface area contributed by atoms with Crippen LogP contribution in [0.15, 0.2) is 18.2 Å². The summed E-state index contributed by atoms with van der Waals surface area (Å²) in [4.78, 5) is 19.6. The highest BCUT2D eigenvalue weighted by Gasteiger charge is 2.18. The molecule has 1 rings (SSSR count). The number of benzene rings is 1. The number of aliphatic hydroxyl groups excluding tert-OH is 1. The van der Waals surface area contributed by atoms with Gasteiger partial charge in [0.25, 0.3) is 11.4 Å². The lowest BCUT2D eigenvalue weighted by Crippen LogP contribution is -1.99. The molecule has 1 aromatic carbocycles. The number of hydrogen-bond donors (Lipinski definition) is 1. The molecule has 16 heavy (non-hydrogen) atoms. The first-order chi connectivity index (χ1) is 7.45. The van der Waals surface area contributed by atoms with E-state index in [1.54, 1.807) is 6.92 Å². The molecule has 7 nitrogen and oxygen atoms in total. The number of rotatable bonds is 4. The van der Waals surface area contributed by atoms with E-state index < -0.39 is 27.3 Å². The molecule has 0 spiro atoms. The second-order valence-electron chi connectivity index (χ2n) is 3.22. The van der Waals surface area contributed by atoms with Crippen molar-refractivity contribution in [1.82, 2.24) is 0 Å². The molecule has 0 radical (unpaired) electrons. The molecule has 0 fully saturated rings. The Morgan fingerprint density at radius 3 is 1.94 bits per heavy atom. The van der Waals surface area contributed by atoms with Crippen molar-refractivity contribution >= 4 is 11.4 Å². The first-order valence-corrected chi connectivity index (χ1v) is 4.57. The first kappa shape index (κ1) is 12.1. The topological polar surface area (TPSA) is 107 Å². The zero-order valence-electron chi connectivity index (χ0n) is 8.49. The molecule has 0 aromatic heterocycles. The van der Waals surface area contributed by atoms with Crippen LogP contribution in [0.4, 0.5) is 11.4 Å². The van der Waals surface area contributed by atoms with Crippen molar-refractivity contribution in [3.05, 3.63) is 44.0 Å². The maximum atomic E-state index is 10.5. The van der Waals surface area contributed by atoms with Gasteiger partial charge in [-0.15, -0.1) is 0 Å². The standard InChI is InChI=1S/C9H10N2O5/c1-2-9(12)6-3-7(10(13)14)5-8(4-6)11(15)16/h3-5,9,12H,2H2,1H3. The normalized spacial score (nSPS) is 12.1. The van der Waals surface area contributed by atoms with E-state index in [-0.39, 0.29) is 5.56 Å². The number of aliphatic hydroxyl groups is 1. The minimum atomic E-state index is -0.932. The van der Waals surface area contributed by atoms with Crippen LogP contribution in [-0.2, 0) is 0 Å². The lowest BCUT2D eigenvalue weighted by molar-refractivity contribution is -0.394. The molecule has 1 atom stereocenters. The predicted octanol–water partition coefficient (Wildman–Crippen LogP) is 1.95. The zero-order chi connectivity index (χ0) is 12.3. The molecule has 1 unspecified atom stereocenters. The molecule has 0 aliphatic rings. The van der Waals surface area contributed by atoms with E-state index in [9.17, 15) is 25.3 Å². The molecule has 0 saturated carbocycles. The molecule has 0 heterocycles. The quantitative estimate of drug-likeness (QED) is 0.623. The maximum Gasteiger partial charge on any atom is 0.276 e. The second-order valence-corrected chi connectivity index (χ2v) is 3.22. The van der Waals surface area contributed by atoms with Gasteiger partial charge in [0, 0.05) is 12.1 Å². The second kappa shape index (κ2) is 4.67. The number of nitro benzene ring substituents is 2. The number of hydrogen-bond acceptors (Lipinski definition) is 5. The molecule has 86 valence electrons. The van der Waals surface area contributed by atoms with Crippen LogP contribution in [0.3, 0.4) is 0 Å². The smallest absolute Gasteiger partial charge is 0.276 e. The van der Waals surface area contributed by atoms with E-state index >= 15 is 0 Å². The molecule has 1 N–H and O–H groups in total. The van der Waals surface area contributed by atoms with Crippen LogP contribution in [0.5, 0.6) is 0 Å². The summed E-state index contributed by atoms with van der Waals surface area (Å²) in [6.07, 6.45) is -0.600. The Morgan fingerprint density at radius 2 is 1.62 bits per heavy atom. The summed E-state index contributed by atoms with van der Waals surface area (Å²) < 4.78 is 0. The molecule has 0 aliphatic heterocycles. The van der Waals surface area contributed by atoms with Crippen molar-refractivity contribution in [2.75, 3.05) is 0 Å². The fourth-order valence-corrected chi connectivity index (χ4v) is 1.26. The predicted molar refractivity (Wildman–Crippen MR) is 55.0 cm³/mol. The van der Waals surface area contributed by atoms with E-state index in [2.05, 4.69) is 0 Å². The van der Waals surface area contributed by atoms with Crippen molar-refractivity contribution in [2.24, 2.45) is 0 Å². The summed E-state index contributed by atoms with van der Waals surface area (Å²) in [6, 6.07) is 3.15. The Kier molecular flexibility index (Phi) is 3.51. The van der Waals surface area contributed by atoms with Crippen LogP contribution >= 0.6 is 0 Å². The van der Waals surface area contributed by atoms with Gasteiger partial charge in [-0.1, -0.05) is 6.92 Å². The first-order valence-electron chi connectivity index (χ1n) is 4.57. The average Bonchev–Trinajstić information content (AvgIpc) is 2.27. The molecule has 7 heteroatoms. The lowest BCUT2D eigenvalue weighted by Gasteiger charge is -2.07. The fraction of sp³-hybridized carbons (Fsp3) is 0.333. The van der Waals surface area contributed by atoms with E-state index in [1.807, 2.05) is 0 Å². The van der Waals surface area contributed by atoms with Crippen molar-refractivity contribution in [3.63, 3.8) is 0 Å². The Labute approximate surface area is 90.6 Å². The van der Waals surface area contributed by atoms with Crippen molar-refractivity contribution < 1.29 is 15.0 Å². The van der Waals surface area contributed by atoms with Gasteiger partial charge in [0.1, 0.15) is 0 Å². The third-order valence-electron chi connectivity index (χ3n) is 2.12. The average molecular weight is 226 g/mol. The Hall–Kier alpha value is -2.02. The highest BCUT2D eigenvalue weighted by molar-refractivity contribution is 5.47. The van der Waals surface area contributed by atoms with Crippen LogP contribution in [0.2, 0.25) is 0 Å². The minimum absolute atomic E-state index is 0.184. The lowest BCUT2D eigenvalue weighted by atomic mass is 10.1. The monoisotopic (exact) mass is 226 g/mol.